The molecule has 0 fully saturated rings. The van der Waals surface area contributed by atoms with E-state index in [-0.39, 0.29) is 0 Å². The molecule has 1 aliphatic heterocycles. The second-order valence-corrected chi connectivity index (χ2v) is 4.93. The van der Waals surface area contributed by atoms with E-state index in [1.165, 1.54) is 5.70 Å². The molecule has 0 radical (unpaired) electrons. The number of halogens is 3. The number of hydrogen-bond acceptors (Lipinski definition) is 6. The molecule has 0 aliphatic carbocycles. The summed E-state index contributed by atoms with van der Waals surface area (Å²) in [4.78, 5) is 2.06. The summed E-state index contributed by atoms with van der Waals surface area (Å²) in [5, 5.41) is 4.19. The maximum absolute atomic E-state index is 10.7. The second kappa shape index (κ2) is 6.00. The molecule has 0 bridgehead atoms. The molecule has 11 heteroatoms. The number of quaternary nitrogens is 1. The minimum Gasteiger partial charge on any atom is -0.741 e. The van der Waals surface area contributed by atoms with E-state index in [4.69, 9.17) is 13.0 Å². The molecule has 0 spiro atoms. The lowest BCUT2D eigenvalue weighted by molar-refractivity contribution is -0.641. The van der Waals surface area contributed by atoms with Crippen LogP contribution in [0.1, 0.15) is 0 Å². The predicted molar refractivity (Wildman–Crippen MR) is 55.0 cm³/mol. The molecule has 1 aliphatic rings. The molecule has 0 atom stereocenters. The number of hydrogen-bond donors (Lipinski definition) is 2. The summed E-state index contributed by atoms with van der Waals surface area (Å²) in [6.07, 6.45) is 0. The van der Waals surface area contributed by atoms with Gasteiger partial charge in [0.05, 0.1) is 18.2 Å². The van der Waals surface area contributed by atoms with Gasteiger partial charge in [0.2, 0.25) is 0 Å². The SMILES string of the molecule is CN1[NH2+]SC=C1CS.O=S(=O)([O-])C(F)(F)F. The molecule has 0 amide bonds. The third kappa shape index (κ3) is 5.30. The zero-order valence-corrected chi connectivity index (χ0v) is 10.5. The largest absolute Gasteiger partial charge is 0.741 e. The van der Waals surface area contributed by atoms with Crippen LogP contribution >= 0.6 is 24.6 Å². The monoisotopic (exact) mass is 298 g/mol. The minimum absolute atomic E-state index is 0.833. The number of nitrogens with two attached hydrogens (primary N) is 1. The van der Waals surface area contributed by atoms with Crippen molar-refractivity contribution in [3.8, 4) is 0 Å². The summed E-state index contributed by atoms with van der Waals surface area (Å²) >= 11 is 5.84. The van der Waals surface area contributed by atoms with Crippen molar-refractivity contribution < 1.29 is 31.0 Å². The second-order valence-electron chi connectivity index (χ2n) is 2.52. The zero-order valence-electron chi connectivity index (χ0n) is 7.93. The Morgan fingerprint density at radius 1 is 1.62 bits per heavy atom. The fourth-order valence-electron chi connectivity index (χ4n) is 0.500. The molecule has 5 nitrogen and oxygen atoms in total. The normalized spacial score (nSPS) is 16.6. The Labute approximate surface area is 100 Å². The van der Waals surface area contributed by atoms with Crippen LogP contribution in [0.3, 0.4) is 0 Å². The number of alkyl halides is 3. The summed E-state index contributed by atoms with van der Waals surface area (Å²) in [5.74, 6) is 0.833. The summed E-state index contributed by atoms with van der Waals surface area (Å²) < 4.78 is 58.9. The van der Waals surface area contributed by atoms with Crippen molar-refractivity contribution in [2.45, 2.75) is 5.51 Å². The van der Waals surface area contributed by atoms with Crippen molar-refractivity contribution in [3.05, 3.63) is 11.1 Å². The van der Waals surface area contributed by atoms with Crippen molar-refractivity contribution >= 4 is 34.7 Å². The molecule has 96 valence electrons. The third-order valence-electron chi connectivity index (χ3n) is 1.32. The quantitative estimate of drug-likeness (QED) is 0.232. The molecule has 1 rings (SSSR count). The van der Waals surface area contributed by atoms with E-state index in [0.717, 1.165) is 5.75 Å². The first-order chi connectivity index (χ1) is 7.09. The van der Waals surface area contributed by atoms with Gasteiger partial charge in [0.1, 0.15) is 11.9 Å². The Morgan fingerprint density at radius 3 is 2.19 bits per heavy atom. The van der Waals surface area contributed by atoms with Crippen LogP contribution in [0.5, 0.6) is 0 Å². The molecular formula is C5H9F3N2O3S3. The lowest BCUT2D eigenvalue weighted by Gasteiger charge is -2.08. The molecule has 0 aromatic rings. The topological polar surface area (TPSA) is 77.0 Å². The third-order valence-corrected chi connectivity index (χ3v) is 3.06. The number of nitrogens with zero attached hydrogens (tertiary/aromatic N) is 1. The van der Waals surface area contributed by atoms with Crippen molar-refractivity contribution in [1.29, 1.82) is 0 Å². The van der Waals surface area contributed by atoms with E-state index in [1.807, 2.05) is 7.05 Å². The molecular weight excluding hydrogens is 289 g/mol. The molecule has 2 N–H and O–H groups in total. The highest BCUT2D eigenvalue weighted by Gasteiger charge is 2.36. The van der Waals surface area contributed by atoms with Gasteiger partial charge in [0.15, 0.2) is 10.1 Å². The maximum atomic E-state index is 10.7. The van der Waals surface area contributed by atoms with E-state index >= 15 is 0 Å². The van der Waals surface area contributed by atoms with Crippen LogP contribution in [-0.2, 0) is 10.1 Å². The van der Waals surface area contributed by atoms with Crippen LogP contribution in [0.25, 0.3) is 0 Å². The van der Waals surface area contributed by atoms with Crippen molar-refractivity contribution in [3.63, 3.8) is 0 Å². The van der Waals surface area contributed by atoms with Gasteiger partial charge in [-0.05, 0) is 0 Å². The molecule has 1 heterocycles. The summed E-state index contributed by atoms with van der Waals surface area (Å²) in [6, 6.07) is 0. The van der Waals surface area contributed by atoms with Crippen molar-refractivity contribution in [2.24, 2.45) is 0 Å². The van der Waals surface area contributed by atoms with Crippen LogP contribution in [0.2, 0.25) is 0 Å². The van der Waals surface area contributed by atoms with Gasteiger partial charge in [0, 0.05) is 5.75 Å². The first-order valence-corrected chi connectivity index (χ1v) is 6.61. The van der Waals surface area contributed by atoms with Gasteiger partial charge in [-0.1, -0.05) is 0 Å². The number of rotatable bonds is 1. The van der Waals surface area contributed by atoms with Crippen LogP contribution in [0.4, 0.5) is 13.2 Å². The predicted octanol–water partition coefficient (Wildman–Crippen LogP) is -0.119. The van der Waals surface area contributed by atoms with Gasteiger partial charge in [-0.25, -0.2) is 13.4 Å². The van der Waals surface area contributed by atoms with E-state index in [0.29, 0.717) is 0 Å². The average molecular weight is 298 g/mol. The first-order valence-electron chi connectivity index (χ1n) is 3.63. The summed E-state index contributed by atoms with van der Waals surface area (Å²) in [7, 11) is -4.06. The summed E-state index contributed by atoms with van der Waals surface area (Å²) in [5.41, 5.74) is -4.37. The fourth-order valence-corrected chi connectivity index (χ4v) is 1.72. The van der Waals surface area contributed by atoms with Crippen molar-refractivity contribution in [1.82, 2.24) is 5.01 Å². The standard InChI is InChI=1S/C4H8N2S2.CHF3O3S/c1-6-4(2-7)3-8-5-6;2-1(3,4)8(5,6)7/h3,5,7H,2H2,1H3;(H,5,6,7). The fraction of sp³-hybridized carbons (Fsp3) is 0.600. The van der Waals surface area contributed by atoms with E-state index < -0.39 is 15.6 Å². The minimum atomic E-state index is -6.09. The highest BCUT2D eigenvalue weighted by Crippen LogP contribution is 2.20. The molecule has 16 heavy (non-hydrogen) atoms. The first kappa shape index (κ1) is 15.9. The lowest BCUT2D eigenvalue weighted by atomic mass is 10.6. The van der Waals surface area contributed by atoms with E-state index in [1.54, 1.807) is 11.9 Å². The lowest BCUT2D eigenvalue weighted by Crippen LogP contribution is -2.82. The Balaban J connectivity index is 0.000000281. The molecule has 0 saturated heterocycles. The van der Waals surface area contributed by atoms with Gasteiger partial charge in [-0.2, -0.15) is 30.6 Å². The van der Waals surface area contributed by atoms with E-state index in [9.17, 15) is 13.2 Å². The van der Waals surface area contributed by atoms with Gasteiger partial charge in [0.25, 0.3) is 0 Å². The average Bonchev–Trinajstić information content (AvgIpc) is 2.48. The van der Waals surface area contributed by atoms with Crippen molar-refractivity contribution in [2.75, 3.05) is 12.8 Å². The molecule has 0 saturated carbocycles. The Bertz CT molecular complexity index is 354. The molecule has 0 unspecified atom stereocenters. The number of thiol groups is 1. The van der Waals surface area contributed by atoms with Gasteiger partial charge >= 0.3 is 5.51 Å². The smallest absolute Gasteiger partial charge is 0.485 e. The Kier molecular flexibility index (Phi) is 5.96. The zero-order chi connectivity index (χ0) is 13.0. The van der Waals surface area contributed by atoms with Crippen LogP contribution in [0, 0.1) is 0 Å². The Morgan fingerprint density at radius 2 is 2.06 bits per heavy atom. The van der Waals surface area contributed by atoms with Gasteiger partial charge < -0.3 is 4.55 Å². The molecule has 0 aromatic carbocycles. The van der Waals surface area contributed by atoms with Gasteiger partial charge in [-0.3, -0.25) is 0 Å². The molecule has 0 aromatic heterocycles. The van der Waals surface area contributed by atoms with Crippen LogP contribution < -0.4 is 4.83 Å². The maximum Gasteiger partial charge on any atom is 0.485 e. The highest BCUT2D eigenvalue weighted by atomic mass is 32.2. The highest BCUT2D eigenvalue weighted by molar-refractivity contribution is 7.95. The van der Waals surface area contributed by atoms with E-state index in [2.05, 4.69) is 27.9 Å². The Hall–Kier alpha value is -0.100. The summed E-state index contributed by atoms with van der Waals surface area (Å²) in [6.45, 7) is 0. The van der Waals surface area contributed by atoms with Gasteiger partial charge in [-0.15, -0.1) is 0 Å². The van der Waals surface area contributed by atoms with Crippen LogP contribution in [0.15, 0.2) is 11.1 Å². The van der Waals surface area contributed by atoms with Crippen LogP contribution in [-0.4, -0.2) is 36.3 Å².